The predicted molar refractivity (Wildman–Crippen MR) is 157 cm³/mol. The molecule has 0 aliphatic carbocycles. The number of alkyl halides is 1. The van der Waals surface area contributed by atoms with Gasteiger partial charge in [-0.1, -0.05) is 62.7 Å². The Kier molecular flexibility index (Phi) is 31.1. The molecule has 0 heterocycles. The molecule has 0 spiro atoms. The van der Waals surface area contributed by atoms with Crippen molar-refractivity contribution in [3.8, 4) is 0 Å². The monoisotopic (exact) mass is 543 g/mol. The molecule has 0 unspecified atom stereocenters. The molecule has 2 aromatic rings. The number of hydrogen-bond donors (Lipinski definition) is 4. The Labute approximate surface area is 229 Å². The maximum absolute atomic E-state index is 13.4. The quantitative estimate of drug-likeness (QED) is 0.213. The summed E-state index contributed by atoms with van der Waals surface area (Å²) in [6, 6.07) is 13.7. The molecule has 0 aliphatic rings. The van der Waals surface area contributed by atoms with Crippen molar-refractivity contribution in [3.05, 3.63) is 77.4 Å². The van der Waals surface area contributed by atoms with Crippen LogP contribution in [0.5, 0.6) is 0 Å². The molecule has 2 aromatic carbocycles. The molecule has 0 saturated heterocycles. The third kappa shape index (κ3) is 22.9. The fourth-order valence-corrected chi connectivity index (χ4v) is 2.89. The normalized spacial score (nSPS) is 10.9. The molecule has 0 fully saturated rings. The van der Waals surface area contributed by atoms with Gasteiger partial charge in [0, 0.05) is 25.3 Å². The minimum absolute atomic E-state index is 0.0349. The minimum Gasteiger partial charge on any atom is -0.400 e. The van der Waals surface area contributed by atoms with Crippen LogP contribution in [0.15, 0.2) is 54.6 Å². The van der Waals surface area contributed by atoms with Crippen LogP contribution in [0.3, 0.4) is 0 Å². The van der Waals surface area contributed by atoms with Crippen molar-refractivity contribution >= 4 is 5.57 Å². The van der Waals surface area contributed by atoms with Crippen molar-refractivity contribution in [1.29, 1.82) is 0 Å². The fraction of sp³-hybridized carbons (Fsp3) is 0.533. The Bertz CT molecular complexity index is 792. The number of benzene rings is 2. The molecule has 0 saturated carbocycles. The average Bonchev–Trinajstić information content (AvgIpc) is 2.94. The number of aryl methyl sites for hydroxylation is 1. The van der Waals surface area contributed by atoms with Crippen LogP contribution < -0.4 is 10.6 Å². The van der Waals surface area contributed by atoms with Gasteiger partial charge in [0.25, 0.3) is 0 Å². The first-order valence-electron chi connectivity index (χ1n) is 13.1. The highest BCUT2D eigenvalue weighted by atomic mass is 19.1. The van der Waals surface area contributed by atoms with E-state index in [-0.39, 0.29) is 25.3 Å². The number of nitrogens with zero attached hydrogens (tertiary/aromatic N) is 1. The van der Waals surface area contributed by atoms with E-state index >= 15 is 0 Å². The van der Waals surface area contributed by atoms with Gasteiger partial charge in [0.2, 0.25) is 0 Å². The molecule has 0 bridgehead atoms. The first-order chi connectivity index (χ1) is 18.3. The van der Waals surface area contributed by atoms with Crippen LogP contribution in [0.1, 0.15) is 51.7 Å². The largest absolute Gasteiger partial charge is 0.400 e. The Hall–Kier alpha value is -2.23. The zero-order valence-electron chi connectivity index (χ0n) is 24.7. The van der Waals surface area contributed by atoms with E-state index in [0.29, 0.717) is 18.7 Å². The molecular weight excluding hydrogens is 491 g/mol. The van der Waals surface area contributed by atoms with Gasteiger partial charge in [0.15, 0.2) is 0 Å². The second-order valence-corrected chi connectivity index (χ2v) is 8.08. The standard InChI is InChI=1S/C12H15F2N.C8H19FN2O.C7H8.C2H6.CH4O/c1-4-9(8-15(2)3)11-7-10(13)5-6-12(11)14;1-2-4-11-8(6-9)3-5-10-7-12;1-7-5-3-2-4-6-7;2*1-2/h4-7H,8H2,1-3H3;8,10-12H,2-7H2,1H3;2-6H,1H3;1-2H3;2H,1H3/b9-4+;;;;/t;8-;;;/m.0.../s1. The number of halogens is 3. The number of hydrogen-bond acceptors (Lipinski definition) is 5. The number of allylic oxidation sites excluding steroid dienone is 1. The molecule has 1 atom stereocenters. The maximum atomic E-state index is 13.4. The molecule has 5 nitrogen and oxygen atoms in total. The summed E-state index contributed by atoms with van der Waals surface area (Å²) >= 11 is 0. The van der Waals surface area contributed by atoms with Crippen molar-refractivity contribution in [2.45, 2.75) is 53.5 Å². The van der Waals surface area contributed by atoms with Crippen molar-refractivity contribution in [2.24, 2.45) is 0 Å². The van der Waals surface area contributed by atoms with Crippen LogP contribution in [0.25, 0.3) is 5.57 Å². The highest BCUT2D eigenvalue weighted by Gasteiger charge is 2.09. The summed E-state index contributed by atoms with van der Waals surface area (Å²) in [5, 5.41) is 21.2. The van der Waals surface area contributed by atoms with Crippen molar-refractivity contribution in [1.82, 2.24) is 15.5 Å². The van der Waals surface area contributed by atoms with Crippen LogP contribution in [0.2, 0.25) is 0 Å². The zero-order valence-corrected chi connectivity index (χ0v) is 24.7. The summed E-state index contributed by atoms with van der Waals surface area (Å²) in [6.45, 7) is 11.7. The maximum Gasteiger partial charge on any atom is 0.130 e. The summed E-state index contributed by atoms with van der Waals surface area (Å²) in [5.74, 6) is -0.796. The van der Waals surface area contributed by atoms with Gasteiger partial charge < -0.3 is 20.4 Å². The van der Waals surface area contributed by atoms with Crippen LogP contribution in [0.4, 0.5) is 13.2 Å². The van der Waals surface area contributed by atoms with Gasteiger partial charge in [-0.2, -0.15) is 0 Å². The lowest BCUT2D eigenvalue weighted by Crippen LogP contribution is -2.34. The first-order valence-corrected chi connectivity index (χ1v) is 13.1. The lowest BCUT2D eigenvalue weighted by atomic mass is 10.0. The molecule has 0 radical (unpaired) electrons. The molecule has 0 amide bonds. The van der Waals surface area contributed by atoms with Crippen LogP contribution in [-0.4, -0.2) is 75.4 Å². The summed E-state index contributed by atoms with van der Waals surface area (Å²) in [5.41, 5.74) is 2.45. The summed E-state index contributed by atoms with van der Waals surface area (Å²) in [7, 11) is 4.78. The van der Waals surface area contributed by atoms with Gasteiger partial charge >= 0.3 is 0 Å². The number of rotatable bonds is 11. The van der Waals surface area contributed by atoms with E-state index in [2.05, 4.69) is 29.7 Å². The SMILES string of the molecule is C/C=C(\CN(C)C)c1cc(F)ccc1F.CC.CCCN[C@H](CF)CCNCO.CO.Cc1ccccc1. The highest BCUT2D eigenvalue weighted by molar-refractivity contribution is 5.67. The highest BCUT2D eigenvalue weighted by Crippen LogP contribution is 2.19. The zero-order chi connectivity index (χ0) is 29.8. The summed E-state index contributed by atoms with van der Waals surface area (Å²) in [6.07, 6.45) is 3.54. The first kappa shape index (κ1) is 40.3. The Morgan fingerprint density at radius 3 is 2.05 bits per heavy atom. The second kappa shape index (κ2) is 29.3. The summed E-state index contributed by atoms with van der Waals surface area (Å²) < 4.78 is 38.7. The Morgan fingerprint density at radius 1 is 1.03 bits per heavy atom. The van der Waals surface area contributed by atoms with E-state index < -0.39 is 5.82 Å². The van der Waals surface area contributed by atoms with Gasteiger partial charge in [-0.15, -0.1) is 0 Å². The van der Waals surface area contributed by atoms with Gasteiger partial charge in [-0.25, -0.2) is 13.2 Å². The lowest BCUT2D eigenvalue weighted by Gasteiger charge is -2.14. The number of likely N-dealkylation sites (N-methyl/N-ethyl adjacent to an activating group) is 1. The smallest absolute Gasteiger partial charge is 0.130 e. The summed E-state index contributed by atoms with van der Waals surface area (Å²) in [4.78, 5) is 1.92. The molecular formula is C30H52F3N3O2. The van der Waals surface area contributed by atoms with Crippen LogP contribution >= 0.6 is 0 Å². The third-order valence-corrected chi connectivity index (χ3v) is 4.70. The van der Waals surface area contributed by atoms with E-state index in [1.165, 1.54) is 11.6 Å². The molecule has 38 heavy (non-hydrogen) atoms. The van der Waals surface area contributed by atoms with Gasteiger partial charge in [-0.05, 0) is 77.6 Å². The van der Waals surface area contributed by atoms with Gasteiger partial charge in [0.05, 0.1) is 6.73 Å². The van der Waals surface area contributed by atoms with Gasteiger partial charge in [0.1, 0.15) is 18.3 Å². The average molecular weight is 544 g/mol. The van der Waals surface area contributed by atoms with Crippen molar-refractivity contribution in [2.75, 3.05) is 54.2 Å². The van der Waals surface area contributed by atoms with Crippen molar-refractivity contribution < 1.29 is 23.4 Å². The molecule has 220 valence electrons. The lowest BCUT2D eigenvalue weighted by molar-refractivity contribution is 0.253. The molecule has 2 rings (SSSR count). The molecule has 0 aromatic heterocycles. The molecule has 8 heteroatoms. The minimum atomic E-state index is -0.412. The van der Waals surface area contributed by atoms with E-state index in [1.54, 1.807) is 6.08 Å². The Balaban J connectivity index is -0.000000475. The van der Waals surface area contributed by atoms with E-state index in [1.807, 2.05) is 64.9 Å². The Morgan fingerprint density at radius 2 is 1.63 bits per heavy atom. The van der Waals surface area contributed by atoms with Crippen LogP contribution in [0, 0.1) is 18.6 Å². The van der Waals surface area contributed by atoms with E-state index in [9.17, 15) is 13.2 Å². The van der Waals surface area contributed by atoms with E-state index in [4.69, 9.17) is 10.2 Å². The van der Waals surface area contributed by atoms with Gasteiger partial charge in [-0.3, -0.25) is 5.32 Å². The predicted octanol–water partition coefficient (Wildman–Crippen LogP) is 5.81. The topological polar surface area (TPSA) is 67.8 Å². The molecule has 4 N–H and O–H groups in total. The second-order valence-electron chi connectivity index (χ2n) is 8.08. The van der Waals surface area contributed by atoms with Crippen molar-refractivity contribution in [3.63, 3.8) is 0 Å². The number of nitrogens with one attached hydrogen (secondary N) is 2. The molecule has 0 aliphatic heterocycles. The number of aliphatic hydroxyl groups excluding tert-OH is 2. The fourth-order valence-electron chi connectivity index (χ4n) is 2.89. The third-order valence-electron chi connectivity index (χ3n) is 4.70. The van der Waals surface area contributed by atoms with E-state index in [0.717, 1.165) is 44.2 Å². The van der Waals surface area contributed by atoms with Crippen LogP contribution in [-0.2, 0) is 0 Å². The number of aliphatic hydroxyl groups is 2.